The van der Waals surface area contributed by atoms with Crippen LogP contribution in [0.3, 0.4) is 0 Å². The van der Waals surface area contributed by atoms with Crippen LogP contribution in [0, 0.1) is 0 Å². The van der Waals surface area contributed by atoms with Gasteiger partial charge in [-0.2, -0.15) is 0 Å². The molecule has 0 atom stereocenters. The summed E-state index contributed by atoms with van der Waals surface area (Å²) in [5.41, 5.74) is 4.20. The number of carbonyl (C=O) groups excluding carboxylic acids is 1. The summed E-state index contributed by atoms with van der Waals surface area (Å²) in [6.45, 7) is 2.59. The Morgan fingerprint density at radius 2 is 2.00 bits per heavy atom. The zero-order chi connectivity index (χ0) is 18.6. The lowest BCUT2D eigenvalue weighted by atomic mass is 9.86. The van der Waals surface area contributed by atoms with Gasteiger partial charge < -0.3 is 10.1 Å². The molecule has 0 unspecified atom stereocenters. The van der Waals surface area contributed by atoms with Crippen molar-refractivity contribution in [2.24, 2.45) is 0 Å². The highest BCUT2D eigenvalue weighted by Crippen LogP contribution is 2.32. The van der Waals surface area contributed by atoms with Crippen LogP contribution >= 0.6 is 0 Å². The Morgan fingerprint density at radius 1 is 1.15 bits per heavy atom. The lowest BCUT2D eigenvalue weighted by Gasteiger charge is -2.22. The molecule has 26 heavy (non-hydrogen) atoms. The van der Waals surface area contributed by atoms with Gasteiger partial charge in [0.1, 0.15) is 12.4 Å². The van der Waals surface area contributed by atoms with Crippen LogP contribution in [0.25, 0.3) is 0 Å². The Kier molecular flexibility index (Phi) is 9.51. The quantitative estimate of drug-likeness (QED) is 0.535. The van der Waals surface area contributed by atoms with E-state index < -0.39 is 6.67 Å². The fraction of sp³-hybridized carbons (Fsp3) is 0.682. The summed E-state index contributed by atoms with van der Waals surface area (Å²) in [7, 11) is 0. The van der Waals surface area contributed by atoms with Crippen molar-refractivity contribution in [3.8, 4) is 5.75 Å². The summed E-state index contributed by atoms with van der Waals surface area (Å²) >= 11 is 0. The van der Waals surface area contributed by atoms with E-state index in [0.717, 1.165) is 44.5 Å². The summed E-state index contributed by atoms with van der Waals surface area (Å²) in [5.74, 6) is 0.945. The molecule has 1 aromatic rings. The average Bonchev–Trinajstić information content (AvgIpc) is 2.67. The number of fused-ring (bicyclic) bond motifs is 1. The van der Waals surface area contributed by atoms with Gasteiger partial charge in [0, 0.05) is 13.0 Å². The third-order valence-electron chi connectivity index (χ3n) is 5.11. The van der Waals surface area contributed by atoms with E-state index in [4.69, 9.17) is 4.74 Å². The molecule has 0 saturated carbocycles. The molecule has 0 spiro atoms. The Labute approximate surface area is 157 Å². The third kappa shape index (κ3) is 6.62. The number of carbonyl (C=O) groups is 1. The van der Waals surface area contributed by atoms with Crippen LogP contribution in [0.4, 0.5) is 4.39 Å². The molecule has 1 aliphatic rings. The summed E-state index contributed by atoms with van der Waals surface area (Å²) in [4.78, 5) is 11.7. The maximum Gasteiger partial charge on any atom is 0.220 e. The summed E-state index contributed by atoms with van der Waals surface area (Å²) < 4.78 is 18.3. The number of hydrogen-bond donors (Lipinski definition) is 1. The largest absolute Gasteiger partial charge is 0.493 e. The predicted molar refractivity (Wildman–Crippen MR) is 105 cm³/mol. The summed E-state index contributed by atoms with van der Waals surface area (Å²) in [6, 6.07) is 4.36. The van der Waals surface area contributed by atoms with Crippen molar-refractivity contribution in [1.29, 1.82) is 0 Å². The number of aryl methyl sites for hydroxylation is 1. The number of amides is 1. The number of benzene rings is 1. The molecule has 3 nitrogen and oxygen atoms in total. The number of ether oxygens (including phenoxy) is 1. The molecule has 2 rings (SSSR count). The molecule has 1 aromatic carbocycles. The number of hydrogen-bond acceptors (Lipinski definition) is 2. The molecule has 0 aromatic heterocycles. The fourth-order valence-electron chi connectivity index (χ4n) is 3.70. The molecule has 0 aliphatic heterocycles. The first-order valence-electron chi connectivity index (χ1n) is 10.3. The first-order chi connectivity index (χ1) is 12.8. The molecule has 0 saturated heterocycles. The lowest BCUT2D eigenvalue weighted by Crippen LogP contribution is -2.25. The molecule has 146 valence electrons. The van der Waals surface area contributed by atoms with Gasteiger partial charge in [-0.25, -0.2) is 4.39 Å². The molecule has 1 N–H and O–H groups in total. The Balaban J connectivity index is 1.97. The Bertz CT molecular complexity index is 559. The van der Waals surface area contributed by atoms with E-state index in [9.17, 15) is 9.18 Å². The maximum absolute atomic E-state index is 12.1. The van der Waals surface area contributed by atoms with Crippen molar-refractivity contribution in [3.05, 3.63) is 28.8 Å². The summed E-state index contributed by atoms with van der Waals surface area (Å²) in [6.07, 6.45) is 11.6. The average molecular weight is 364 g/mol. The monoisotopic (exact) mass is 363 g/mol. The topological polar surface area (TPSA) is 38.3 Å². The zero-order valence-electron chi connectivity index (χ0n) is 16.2. The highest BCUT2D eigenvalue weighted by Gasteiger charge is 2.17. The van der Waals surface area contributed by atoms with Crippen molar-refractivity contribution < 1.29 is 13.9 Å². The maximum atomic E-state index is 12.1. The van der Waals surface area contributed by atoms with Gasteiger partial charge >= 0.3 is 0 Å². The molecule has 1 amide bonds. The first kappa shape index (κ1) is 20.7. The fourth-order valence-corrected chi connectivity index (χ4v) is 3.70. The minimum absolute atomic E-state index is 0.0607. The Morgan fingerprint density at radius 3 is 2.81 bits per heavy atom. The second kappa shape index (κ2) is 11.9. The van der Waals surface area contributed by atoms with E-state index in [1.54, 1.807) is 0 Å². The summed E-state index contributed by atoms with van der Waals surface area (Å²) in [5, 5.41) is 2.60. The van der Waals surface area contributed by atoms with Crippen LogP contribution in [0.1, 0.15) is 75.0 Å². The number of alkyl halides is 1. The molecular weight excluding hydrogens is 329 g/mol. The van der Waals surface area contributed by atoms with Crippen molar-refractivity contribution in [2.45, 2.75) is 77.6 Å². The molecule has 1 aliphatic carbocycles. The minimum Gasteiger partial charge on any atom is -0.493 e. The Hall–Kier alpha value is -1.58. The highest BCUT2D eigenvalue weighted by molar-refractivity contribution is 5.75. The molecular formula is C22H34FNO2. The minimum atomic E-state index is -0.506. The SMILES string of the molecule is CCCCCCOc1ccc2c(c1CCCC(=O)NCCF)CCCC2. The van der Waals surface area contributed by atoms with Gasteiger partial charge in [0.05, 0.1) is 6.61 Å². The van der Waals surface area contributed by atoms with Crippen LogP contribution in [0.15, 0.2) is 12.1 Å². The predicted octanol–water partition coefficient (Wildman–Crippen LogP) is 4.93. The number of rotatable bonds is 12. The molecule has 0 fully saturated rings. The first-order valence-corrected chi connectivity index (χ1v) is 10.3. The normalized spacial score (nSPS) is 13.3. The van der Waals surface area contributed by atoms with E-state index in [0.29, 0.717) is 6.42 Å². The van der Waals surface area contributed by atoms with E-state index in [1.165, 1.54) is 48.8 Å². The van der Waals surface area contributed by atoms with Crippen molar-refractivity contribution in [2.75, 3.05) is 19.8 Å². The molecule has 0 heterocycles. The highest BCUT2D eigenvalue weighted by atomic mass is 19.1. The van der Waals surface area contributed by atoms with Gasteiger partial charge in [0.2, 0.25) is 5.91 Å². The van der Waals surface area contributed by atoms with E-state index >= 15 is 0 Å². The van der Waals surface area contributed by atoms with Crippen LogP contribution < -0.4 is 10.1 Å². The van der Waals surface area contributed by atoms with Gasteiger partial charge in [0.25, 0.3) is 0 Å². The van der Waals surface area contributed by atoms with Crippen molar-refractivity contribution in [3.63, 3.8) is 0 Å². The van der Waals surface area contributed by atoms with Gasteiger partial charge in [-0.05, 0) is 67.7 Å². The lowest BCUT2D eigenvalue weighted by molar-refractivity contribution is -0.121. The van der Waals surface area contributed by atoms with Crippen molar-refractivity contribution in [1.82, 2.24) is 5.32 Å². The van der Waals surface area contributed by atoms with Crippen molar-refractivity contribution >= 4 is 5.91 Å². The molecule has 4 heteroatoms. The number of unbranched alkanes of at least 4 members (excludes halogenated alkanes) is 3. The number of nitrogens with one attached hydrogen (secondary N) is 1. The van der Waals surface area contributed by atoms with Crippen LogP contribution in [0.2, 0.25) is 0 Å². The van der Waals surface area contributed by atoms with Crippen LogP contribution in [-0.2, 0) is 24.1 Å². The van der Waals surface area contributed by atoms with Gasteiger partial charge in [-0.1, -0.05) is 32.3 Å². The second-order valence-corrected chi connectivity index (χ2v) is 7.19. The van der Waals surface area contributed by atoms with E-state index in [2.05, 4.69) is 24.4 Å². The number of halogens is 1. The molecule has 0 bridgehead atoms. The third-order valence-corrected chi connectivity index (χ3v) is 5.11. The zero-order valence-corrected chi connectivity index (χ0v) is 16.2. The smallest absolute Gasteiger partial charge is 0.220 e. The van der Waals surface area contributed by atoms with Crippen LogP contribution in [0.5, 0.6) is 5.75 Å². The van der Waals surface area contributed by atoms with E-state index in [-0.39, 0.29) is 12.5 Å². The second-order valence-electron chi connectivity index (χ2n) is 7.19. The van der Waals surface area contributed by atoms with E-state index in [1.807, 2.05) is 0 Å². The standard InChI is InChI=1S/C22H34FNO2/c1-2-3-4-7-17-26-21-14-13-18-9-5-6-10-19(18)20(21)11-8-12-22(25)24-16-15-23/h13-14H,2-12,15-17H2,1H3,(H,24,25). The van der Waals surface area contributed by atoms with Gasteiger partial charge in [0.15, 0.2) is 0 Å². The van der Waals surface area contributed by atoms with Crippen LogP contribution in [-0.4, -0.2) is 25.7 Å². The van der Waals surface area contributed by atoms with Gasteiger partial charge in [-0.3, -0.25) is 4.79 Å². The van der Waals surface area contributed by atoms with Gasteiger partial charge in [-0.15, -0.1) is 0 Å². The molecule has 0 radical (unpaired) electrons.